The first-order valence-electron chi connectivity index (χ1n) is 10.3. The van der Waals surface area contributed by atoms with Crippen molar-refractivity contribution >= 4 is 5.96 Å². The molecule has 1 heterocycles. The molecule has 2 aromatic carbocycles. The Kier molecular flexibility index (Phi) is 7.45. The number of hydrogen-bond donors (Lipinski definition) is 2. The van der Waals surface area contributed by atoms with Crippen LogP contribution in [0.3, 0.4) is 0 Å². The number of imidazole rings is 1. The van der Waals surface area contributed by atoms with Gasteiger partial charge in [-0.15, -0.1) is 0 Å². The first-order valence-corrected chi connectivity index (χ1v) is 10.3. The molecule has 1 atom stereocenters. The number of aromatic nitrogens is 2. The second-order valence-corrected chi connectivity index (χ2v) is 7.44. The Labute approximate surface area is 173 Å². The molecule has 0 aliphatic heterocycles. The fourth-order valence-corrected chi connectivity index (χ4v) is 3.12. The number of guanidine groups is 1. The lowest BCUT2D eigenvalue weighted by molar-refractivity contribution is 0.699. The summed E-state index contributed by atoms with van der Waals surface area (Å²) in [5, 5.41) is 6.81. The summed E-state index contributed by atoms with van der Waals surface area (Å²) in [7, 11) is 0. The SMILES string of the molecule is CCNC(=NCc1ccc(Cn2ccnc2)cc1)NCC(C)c1ccc(C)cc1. The summed E-state index contributed by atoms with van der Waals surface area (Å²) in [6.45, 7) is 9.62. The van der Waals surface area contributed by atoms with E-state index in [1.165, 1.54) is 22.3 Å². The first kappa shape index (κ1) is 20.6. The Hall–Kier alpha value is -3.08. The van der Waals surface area contributed by atoms with Gasteiger partial charge in [-0.05, 0) is 36.5 Å². The first-order chi connectivity index (χ1) is 14.1. The molecule has 2 N–H and O–H groups in total. The van der Waals surface area contributed by atoms with Crippen LogP contribution >= 0.6 is 0 Å². The van der Waals surface area contributed by atoms with Crippen molar-refractivity contribution in [3.05, 3.63) is 89.5 Å². The van der Waals surface area contributed by atoms with E-state index in [2.05, 4.69) is 89.5 Å². The molecule has 0 saturated carbocycles. The minimum atomic E-state index is 0.418. The third-order valence-corrected chi connectivity index (χ3v) is 4.93. The molecular weight excluding hydrogens is 358 g/mol. The Morgan fingerprint density at radius 1 is 1.03 bits per heavy atom. The van der Waals surface area contributed by atoms with Crippen molar-refractivity contribution in [2.24, 2.45) is 4.99 Å². The predicted octanol–water partition coefficient (Wildman–Crippen LogP) is 4.10. The molecule has 3 rings (SSSR count). The maximum Gasteiger partial charge on any atom is 0.191 e. The van der Waals surface area contributed by atoms with Crippen molar-refractivity contribution in [2.75, 3.05) is 13.1 Å². The fraction of sp³-hybridized carbons (Fsp3) is 0.333. The molecule has 0 aliphatic carbocycles. The highest BCUT2D eigenvalue weighted by atomic mass is 15.2. The summed E-state index contributed by atoms with van der Waals surface area (Å²) in [6.07, 6.45) is 5.62. The van der Waals surface area contributed by atoms with E-state index in [1.807, 2.05) is 12.5 Å². The molecule has 5 nitrogen and oxygen atoms in total. The highest BCUT2D eigenvalue weighted by Crippen LogP contribution is 2.14. The monoisotopic (exact) mass is 389 g/mol. The Morgan fingerprint density at radius 2 is 1.76 bits per heavy atom. The molecular formula is C24H31N5. The smallest absolute Gasteiger partial charge is 0.191 e. The van der Waals surface area contributed by atoms with E-state index in [4.69, 9.17) is 4.99 Å². The Balaban J connectivity index is 1.54. The molecule has 0 bridgehead atoms. The van der Waals surface area contributed by atoms with Crippen molar-refractivity contribution in [2.45, 2.75) is 39.8 Å². The number of rotatable bonds is 8. The van der Waals surface area contributed by atoms with Crippen LogP contribution in [0.15, 0.2) is 72.2 Å². The number of benzene rings is 2. The van der Waals surface area contributed by atoms with Crippen LogP contribution in [0.5, 0.6) is 0 Å². The average molecular weight is 390 g/mol. The largest absolute Gasteiger partial charge is 0.357 e. The quantitative estimate of drug-likeness (QED) is 0.450. The standard InChI is InChI=1S/C24H31N5/c1-4-26-24(27-15-20(3)23-11-5-19(2)6-12-23)28-16-21-7-9-22(10-8-21)17-29-14-13-25-18-29/h5-14,18,20H,4,15-17H2,1-3H3,(H2,26,27,28). The Bertz CT molecular complexity index is 880. The molecule has 5 heteroatoms. The zero-order chi connectivity index (χ0) is 20.5. The van der Waals surface area contributed by atoms with Gasteiger partial charge in [0.15, 0.2) is 5.96 Å². The van der Waals surface area contributed by atoms with Gasteiger partial charge in [-0.25, -0.2) is 9.98 Å². The van der Waals surface area contributed by atoms with Crippen molar-refractivity contribution in [1.82, 2.24) is 20.2 Å². The zero-order valence-corrected chi connectivity index (χ0v) is 17.6. The average Bonchev–Trinajstić information content (AvgIpc) is 3.24. The molecule has 0 saturated heterocycles. The molecule has 0 aliphatic rings. The van der Waals surface area contributed by atoms with E-state index in [9.17, 15) is 0 Å². The Morgan fingerprint density at radius 3 is 2.41 bits per heavy atom. The normalized spacial score (nSPS) is 12.6. The van der Waals surface area contributed by atoms with Gasteiger partial charge in [0.1, 0.15) is 0 Å². The summed E-state index contributed by atoms with van der Waals surface area (Å²) in [4.78, 5) is 8.83. The van der Waals surface area contributed by atoms with Gasteiger partial charge >= 0.3 is 0 Å². The maximum absolute atomic E-state index is 4.75. The van der Waals surface area contributed by atoms with E-state index in [0.717, 1.165) is 25.6 Å². The molecule has 3 aromatic rings. The van der Waals surface area contributed by atoms with Gasteiger partial charge < -0.3 is 15.2 Å². The van der Waals surface area contributed by atoms with E-state index < -0.39 is 0 Å². The second-order valence-electron chi connectivity index (χ2n) is 7.44. The summed E-state index contributed by atoms with van der Waals surface area (Å²) < 4.78 is 2.07. The van der Waals surface area contributed by atoms with Crippen LogP contribution in [-0.2, 0) is 13.1 Å². The van der Waals surface area contributed by atoms with E-state index >= 15 is 0 Å². The molecule has 0 radical (unpaired) electrons. The van der Waals surface area contributed by atoms with Crippen LogP contribution in [0.4, 0.5) is 0 Å². The molecule has 152 valence electrons. The topological polar surface area (TPSA) is 54.2 Å². The molecule has 0 spiro atoms. The van der Waals surface area contributed by atoms with Crippen molar-refractivity contribution < 1.29 is 0 Å². The number of hydrogen-bond acceptors (Lipinski definition) is 2. The summed E-state index contributed by atoms with van der Waals surface area (Å²) in [6, 6.07) is 17.4. The third-order valence-electron chi connectivity index (χ3n) is 4.93. The number of nitrogens with zero attached hydrogens (tertiary/aromatic N) is 3. The minimum Gasteiger partial charge on any atom is -0.357 e. The summed E-state index contributed by atoms with van der Waals surface area (Å²) >= 11 is 0. The lowest BCUT2D eigenvalue weighted by Gasteiger charge is -2.16. The lowest BCUT2D eigenvalue weighted by Crippen LogP contribution is -2.39. The molecule has 29 heavy (non-hydrogen) atoms. The van der Waals surface area contributed by atoms with Crippen LogP contribution < -0.4 is 10.6 Å². The van der Waals surface area contributed by atoms with Crippen LogP contribution in [0.1, 0.15) is 42.0 Å². The fourth-order valence-electron chi connectivity index (χ4n) is 3.12. The highest BCUT2D eigenvalue weighted by molar-refractivity contribution is 5.79. The second kappa shape index (κ2) is 10.5. The van der Waals surface area contributed by atoms with E-state index in [0.29, 0.717) is 12.5 Å². The van der Waals surface area contributed by atoms with Crippen molar-refractivity contribution in [1.29, 1.82) is 0 Å². The molecule has 1 unspecified atom stereocenters. The van der Waals surface area contributed by atoms with Crippen LogP contribution in [0.25, 0.3) is 0 Å². The number of nitrogens with one attached hydrogen (secondary N) is 2. The number of aliphatic imine (C=N–C) groups is 1. The van der Waals surface area contributed by atoms with Crippen molar-refractivity contribution in [3.63, 3.8) is 0 Å². The van der Waals surface area contributed by atoms with Gasteiger partial charge in [0.05, 0.1) is 12.9 Å². The minimum absolute atomic E-state index is 0.418. The molecule has 1 aromatic heterocycles. The van der Waals surface area contributed by atoms with Gasteiger partial charge in [0.25, 0.3) is 0 Å². The maximum atomic E-state index is 4.75. The van der Waals surface area contributed by atoms with Gasteiger partial charge in [0.2, 0.25) is 0 Å². The van der Waals surface area contributed by atoms with Gasteiger partial charge in [-0.2, -0.15) is 0 Å². The highest BCUT2D eigenvalue weighted by Gasteiger charge is 2.06. The number of aryl methyl sites for hydroxylation is 1. The van der Waals surface area contributed by atoms with Crippen molar-refractivity contribution in [3.8, 4) is 0 Å². The third kappa shape index (κ3) is 6.49. The molecule has 0 amide bonds. The van der Waals surface area contributed by atoms with E-state index in [1.54, 1.807) is 6.20 Å². The summed E-state index contributed by atoms with van der Waals surface area (Å²) in [5.74, 6) is 1.27. The predicted molar refractivity (Wildman–Crippen MR) is 120 cm³/mol. The lowest BCUT2D eigenvalue weighted by atomic mass is 10.0. The van der Waals surface area contributed by atoms with Gasteiger partial charge in [-0.3, -0.25) is 0 Å². The summed E-state index contributed by atoms with van der Waals surface area (Å²) in [5.41, 5.74) is 5.09. The molecule has 0 fully saturated rings. The van der Waals surface area contributed by atoms with Gasteiger partial charge in [-0.1, -0.05) is 61.0 Å². The van der Waals surface area contributed by atoms with Crippen LogP contribution in [-0.4, -0.2) is 28.6 Å². The van der Waals surface area contributed by atoms with Crippen LogP contribution in [0, 0.1) is 6.92 Å². The van der Waals surface area contributed by atoms with Crippen LogP contribution in [0.2, 0.25) is 0 Å². The zero-order valence-electron chi connectivity index (χ0n) is 17.6. The van der Waals surface area contributed by atoms with Gasteiger partial charge in [0, 0.05) is 32.0 Å². The van der Waals surface area contributed by atoms with E-state index in [-0.39, 0.29) is 0 Å².